The van der Waals surface area contributed by atoms with Gasteiger partial charge in [-0.05, 0) is 39.7 Å². The monoisotopic (exact) mass is 307 g/mol. The van der Waals surface area contributed by atoms with Crippen molar-refractivity contribution in [3.05, 3.63) is 22.3 Å². The van der Waals surface area contributed by atoms with Crippen molar-refractivity contribution in [1.82, 2.24) is 10.3 Å². The molecule has 0 aliphatic rings. The number of pyridine rings is 1. The van der Waals surface area contributed by atoms with E-state index in [4.69, 9.17) is 10.8 Å². The van der Waals surface area contributed by atoms with Gasteiger partial charge in [0.1, 0.15) is 4.88 Å². The van der Waals surface area contributed by atoms with Crippen molar-refractivity contribution in [3.63, 3.8) is 0 Å². The fourth-order valence-electron chi connectivity index (χ4n) is 2.41. The van der Waals surface area contributed by atoms with Gasteiger partial charge in [0.15, 0.2) is 0 Å². The average molecular weight is 307 g/mol. The number of carbonyl (C=O) groups is 1. The van der Waals surface area contributed by atoms with Gasteiger partial charge >= 0.3 is 0 Å². The minimum Gasteiger partial charge on any atom is -0.397 e. The van der Waals surface area contributed by atoms with Gasteiger partial charge in [-0.3, -0.25) is 9.78 Å². The lowest BCUT2D eigenvalue weighted by atomic mass is 10.1. The number of carbonyl (C=O) groups excluding carboxylic acids is 1. The van der Waals surface area contributed by atoms with Gasteiger partial charge in [0, 0.05) is 34.1 Å². The lowest BCUT2D eigenvalue weighted by Crippen LogP contribution is -2.32. The fourth-order valence-corrected chi connectivity index (χ4v) is 3.58. The van der Waals surface area contributed by atoms with Crippen molar-refractivity contribution in [2.24, 2.45) is 0 Å². The molecule has 0 saturated carbocycles. The standard InChI is InChI=1S/C15H21N3O2S/c1-8(5-4-6-19)18-15(20)14-13(16)12-10(3)17-9(2)7-11(12)21-14/h7-8,19H,4-6,16H2,1-3H3,(H,18,20). The number of aliphatic hydroxyl groups excluding tert-OH is 1. The van der Waals surface area contributed by atoms with Crippen molar-refractivity contribution < 1.29 is 9.90 Å². The maximum atomic E-state index is 12.3. The Morgan fingerprint density at radius 2 is 2.24 bits per heavy atom. The predicted molar refractivity (Wildman–Crippen MR) is 86.8 cm³/mol. The molecule has 0 radical (unpaired) electrons. The number of nitrogen functional groups attached to an aromatic ring is 1. The van der Waals surface area contributed by atoms with E-state index in [1.165, 1.54) is 11.3 Å². The van der Waals surface area contributed by atoms with Gasteiger partial charge in [-0.2, -0.15) is 0 Å². The number of nitrogens with two attached hydrogens (primary N) is 1. The van der Waals surface area contributed by atoms with Crippen LogP contribution in [0.25, 0.3) is 10.1 Å². The van der Waals surface area contributed by atoms with Gasteiger partial charge in [0.25, 0.3) is 5.91 Å². The number of hydrogen-bond donors (Lipinski definition) is 3. The van der Waals surface area contributed by atoms with Gasteiger partial charge < -0.3 is 16.2 Å². The summed E-state index contributed by atoms with van der Waals surface area (Å²) < 4.78 is 0.991. The van der Waals surface area contributed by atoms with Crippen molar-refractivity contribution in [3.8, 4) is 0 Å². The quantitative estimate of drug-likeness (QED) is 0.791. The van der Waals surface area contributed by atoms with Gasteiger partial charge in [-0.15, -0.1) is 11.3 Å². The molecule has 0 aliphatic heterocycles. The molecule has 1 unspecified atom stereocenters. The molecule has 2 heterocycles. The van der Waals surface area contributed by atoms with E-state index in [-0.39, 0.29) is 18.6 Å². The summed E-state index contributed by atoms with van der Waals surface area (Å²) in [6.07, 6.45) is 1.41. The van der Waals surface area contributed by atoms with E-state index >= 15 is 0 Å². The highest BCUT2D eigenvalue weighted by molar-refractivity contribution is 7.21. The first-order valence-corrected chi connectivity index (χ1v) is 7.83. The zero-order valence-electron chi connectivity index (χ0n) is 12.6. The highest BCUT2D eigenvalue weighted by Crippen LogP contribution is 2.35. The molecular weight excluding hydrogens is 286 g/mol. The SMILES string of the molecule is Cc1cc2sc(C(=O)NC(C)CCCO)c(N)c2c(C)n1. The van der Waals surface area contributed by atoms with E-state index in [1.807, 2.05) is 26.8 Å². The molecule has 0 fully saturated rings. The van der Waals surface area contributed by atoms with Crippen molar-refractivity contribution >= 4 is 33.0 Å². The Labute approximate surface area is 128 Å². The highest BCUT2D eigenvalue weighted by Gasteiger charge is 2.19. The van der Waals surface area contributed by atoms with E-state index in [2.05, 4.69) is 10.3 Å². The zero-order chi connectivity index (χ0) is 15.6. The molecule has 6 heteroatoms. The van der Waals surface area contributed by atoms with Crippen LogP contribution in [0.5, 0.6) is 0 Å². The Balaban J connectivity index is 2.28. The number of aliphatic hydroxyl groups is 1. The van der Waals surface area contributed by atoms with Crippen LogP contribution in [0.3, 0.4) is 0 Å². The van der Waals surface area contributed by atoms with Crippen LogP contribution < -0.4 is 11.1 Å². The minimum atomic E-state index is -0.156. The Bertz CT molecular complexity index is 666. The number of nitrogens with zero attached hydrogens (tertiary/aromatic N) is 1. The number of nitrogens with one attached hydrogen (secondary N) is 1. The normalized spacial score (nSPS) is 12.6. The molecule has 21 heavy (non-hydrogen) atoms. The van der Waals surface area contributed by atoms with Crippen LogP contribution in [0.1, 0.15) is 40.8 Å². The second-order valence-electron chi connectivity index (χ2n) is 5.31. The third-order valence-electron chi connectivity index (χ3n) is 3.40. The number of fused-ring (bicyclic) bond motifs is 1. The molecule has 1 atom stereocenters. The lowest BCUT2D eigenvalue weighted by Gasteiger charge is -2.12. The van der Waals surface area contributed by atoms with Crippen LogP contribution in [-0.4, -0.2) is 28.6 Å². The van der Waals surface area contributed by atoms with Crippen LogP contribution in [0.2, 0.25) is 0 Å². The zero-order valence-corrected chi connectivity index (χ0v) is 13.4. The molecule has 2 rings (SSSR count). The van der Waals surface area contributed by atoms with Crippen LogP contribution in [0, 0.1) is 13.8 Å². The second-order valence-corrected chi connectivity index (χ2v) is 6.36. The minimum absolute atomic E-state index is 0.00946. The van der Waals surface area contributed by atoms with Crippen molar-refractivity contribution in [2.75, 3.05) is 12.3 Å². The Kier molecular flexibility index (Phi) is 4.80. The molecule has 1 amide bonds. The molecule has 0 saturated heterocycles. The highest BCUT2D eigenvalue weighted by atomic mass is 32.1. The van der Waals surface area contributed by atoms with Crippen LogP contribution in [0.15, 0.2) is 6.07 Å². The topological polar surface area (TPSA) is 88.2 Å². The maximum Gasteiger partial charge on any atom is 0.263 e. The number of aryl methyl sites for hydroxylation is 2. The third-order valence-corrected chi connectivity index (χ3v) is 4.55. The summed E-state index contributed by atoms with van der Waals surface area (Å²) in [5.41, 5.74) is 8.42. The van der Waals surface area contributed by atoms with Gasteiger partial charge in [0.2, 0.25) is 0 Å². The van der Waals surface area contributed by atoms with E-state index in [0.717, 1.165) is 27.9 Å². The summed E-state index contributed by atoms with van der Waals surface area (Å²) in [5.74, 6) is -0.156. The summed E-state index contributed by atoms with van der Waals surface area (Å²) in [5, 5.41) is 12.6. The average Bonchev–Trinajstić information content (AvgIpc) is 2.73. The number of anilines is 1. The molecule has 0 aliphatic carbocycles. The maximum absolute atomic E-state index is 12.3. The summed E-state index contributed by atoms with van der Waals surface area (Å²) in [6, 6.07) is 1.96. The van der Waals surface area contributed by atoms with Gasteiger partial charge in [0.05, 0.1) is 5.69 Å². The first-order chi connectivity index (χ1) is 9.93. The number of thiophene rings is 1. The van der Waals surface area contributed by atoms with E-state index in [1.54, 1.807) is 0 Å². The number of hydrogen-bond acceptors (Lipinski definition) is 5. The number of aromatic nitrogens is 1. The lowest BCUT2D eigenvalue weighted by molar-refractivity contribution is 0.0941. The molecule has 2 aromatic rings. The molecule has 2 aromatic heterocycles. The smallest absolute Gasteiger partial charge is 0.263 e. The first kappa shape index (κ1) is 15.7. The Morgan fingerprint density at radius 1 is 1.52 bits per heavy atom. The first-order valence-electron chi connectivity index (χ1n) is 7.02. The third kappa shape index (κ3) is 3.33. The molecule has 0 spiro atoms. The molecular formula is C15H21N3O2S. The molecule has 5 nitrogen and oxygen atoms in total. The van der Waals surface area contributed by atoms with Crippen molar-refractivity contribution in [1.29, 1.82) is 0 Å². The van der Waals surface area contributed by atoms with Crippen LogP contribution in [0.4, 0.5) is 5.69 Å². The Hall–Kier alpha value is -1.66. The second kappa shape index (κ2) is 6.41. The van der Waals surface area contributed by atoms with E-state index < -0.39 is 0 Å². The summed E-state index contributed by atoms with van der Waals surface area (Å²) in [4.78, 5) is 17.3. The van der Waals surface area contributed by atoms with Gasteiger partial charge in [-0.1, -0.05) is 0 Å². The molecule has 114 valence electrons. The summed E-state index contributed by atoms with van der Waals surface area (Å²) in [6.45, 7) is 5.90. The van der Waals surface area contributed by atoms with Gasteiger partial charge in [-0.25, -0.2) is 0 Å². The summed E-state index contributed by atoms with van der Waals surface area (Å²) >= 11 is 1.40. The van der Waals surface area contributed by atoms with E-state index in [0.29, 0.717) is 17.0 Å². The molecule has 0 aromatic carbocycles. The number of rotatable bonds is 5. The fraction of sp³-hybridized carbons (Fsp3) is 0.467. The summed E-state index contributed by atoms with van der Waals surface area (Å²) in [7, 11) is 0. The largest absolute Gasteiger partial charge is 0.397 e. The predicted octanol–water partition coefficient (Wildman–Crippen LogP) is 2.39. The van der Waals surface area contributed by atoms with Crippen molar-refractivity contribution in [2.45, 2.75) is 39.7 Å². The van der Waals surface area contributed by atoms with E-state index in [9.17, 15) is 4.79 Å². The Morgan fingerprint density at radius 3 is 2.90 bits per heavy atom. The number of amides is 1. The van der Waals surface area contributed by atoms with Crippen LogP contribution >= 0.6 is 11.3 Å². The molecule has 4 N–H and O–H groups in total. The molecule has 0 bridgehead atoms. The van der Waals surface area contributed by atoms with Crippen LogP contribution in [-0.2, 0) is 0 Å².